The minimum Gasteiger partial charge on any atom is -0.482 e. The fraction of sp³-hybridized carbons (Fsp3) is 0.235. The summed E-state index contributed by atoms with van der Waals surface area (Å²) in [5.41, 5.74) is 8.54. The average Bonchev–Trinajstić information content (AvgIpc) is 2.47. The monoisotopic (exact) mass is 284 g/mol. The number of ether oxygens (including phenoxy) is 1. The quantitative estimate of drug-likeness (QED) is 0.830. The molecular weight excluding hydrogens is 264 g/mol. The van der Waals surface area contributed by atoms with E-state index in [-0.39, 0.29) is 18.6 Å². The largest absolute Gasteiger partial charge is 0.482 e. The molecule has 0 radical (unpaired) electrons. The Bertz CT molecular complexity index is 608. The molecule has 0 heterocycles. The molecule has 0 aliphatic heterocycles. The van der Waals surface area contributed by atoms with Gasteiger partial charge in [0.1, 0.15) is 5.75 Å². The molecule has 3 N–H and O–H groups in total. The van der Waals surface area contributed by atoms with Crippen molar-refractivity contribution in [2.45, 2.75) is 19.9 Å². The number of benzene rings is 2. The van der Waals surface area contributed by atoms with Gasteiger partial charge in [-0.3, -0.25) is 4.79 Å². The lowest BCUT2D eigenvalue weighted by Crippen LogP contribution is -2.31. The van der Waals surface area contributed by atoms with Crippen LogP contribution in [0.2, 0.25) is 0 Å². The van der Waals surface area contributed by atoms with Crippen molar-refractivity contribution in [3.8, 4) is 5.75 Å². The molecule has 0 aliphatic rings. The second-order valence-electron chi connectivity index (χ2n) is 5.03. The van der Waals surface area contributed by atoms with E-state index in [1.165, 1.54) is 5.56 Å². The maximum atomic E-state index is 11.9. The maximum Gasteiger partial charge on any atom is 0.258 e. The molecule has 0 spiro atoms. The molecule has 0 saturated heterocycles. The van der Waals surface area contributed by atoms with E-state index in [1.807, 2.05) is 50.2 Å². The lowest BCUT2D eigenvalue weighted by atomic mass is 10.1. The third kappa shape index (κ3) is 4.24. The van der Waals surface area contributed by atoms with Crippen LogP contribution in [0.4, 0.5) is 5.69 Å². The number of hydrogen-bond acceptors (Lipinski definition) is 3. The van der Waals surface area contributed by atoms with Gasteiger partial charge in [-0.2, -0.15) is 0 Å². The molecule has 0 aromatic heterocycles. The summed E-state index contributed by atoms with van der Waals surface area (Å²) in [5.74, 6) is 0.349. The molecule has 4 heteroatoms. The van der Waals surface area contributed by atoms with Gasteiger partial charge < -0.3 is 15.8 Å². The molecule has 21 heavy (non-hydrogen) atoms. The molecule has 2 aromatic rings. The summed E-state index contributed by atoms with van der Waals surface area (Å²) < 4.78 is 5.42. The Labute approximate surface area is 124 Å². The minimum atomic E-state index is -0.175. The predicted molar refractivity (Wildman–Crippen MR) is 84.1 cm³/mol. The van der Waals surface area contributed by atoms with Crippen molar-refractivity contribution in [1.82, 2.24) is 5.32 Å². The van der Waals surface area contributed by atoms with Crippen LogP contribution >= 0.6 is 0 Å². The third-order valence-corrected chi connectivity index (χ3v) is 3.23. The number of aryl methyl sites for hydroxylation is 1. The summed E-state index contributed by atoms with van der Waals surface area (Å²) in [5, 5.41) is 2.90. The maximum absolute atomic E-state index is 11.9. The number of nitrogens with two attached hydrogens (primary N) is 1. The van der Waals surface area contributed by atoms with Crippen LogP contribution in [0.5, 0.6) is 5.75 Å². The van der Waals surface area contributed by atoms with Crippen molar-refractivity contribution >= 4 is 11.6 Å². The Morgan fingerprint density at radius 3 is 2.52 bits per heavy atom. The number of anilines is 1. The number of hydrogen-bond donors (Lipinski definition) is 2. The summed E-state index contributed by atoms with van der Waals surface area (Å²) in [4.78, 5) is 11.9. The summed E-state index contributed by atoms with van der Waals surface area (Å²) >= 11 is 0. The SMILES string of the molecule is Cc1ccc(C(C)NC(=O)COc2ccccc2N)cc1. The highest BCUT2D eigenvalue weighted by Gasteiger charge is 2.10. The number of carbonyl (C=O) groups is 1. The topological polar surface area (TPSA) is 64.3 Å². The number of carbonyl (C=O) groups excluding carboxylic acids is 1. The fourth-order valence-corrected chi connectivity index (χ4v) is 1.98. The number of amides is 1. The molecule has 2 aromatic carbocycles. The second-order valence-corrected chi connectivity index (χ2v) is 5.03. The van der Waals surface area contributed by atoms with Crippen molar-refractivity contribution in [2.75, 3.05) is 12.3 Å². The summed E-state index contributed by atoms with van der Waals surface area (Å²) in [6.45, 7) is 3.93. The highest BCUT2D eigenvalue weighted by atomic mass is 16.5. The van der Waals surface area contributed by atoms with Crippen molar-refractivity contribution in [3.63, 3.8) is 0 Å². The average molecular weight is 284 g/mol. The van der Waals surface area contributed by atoms with Crippen LogP contribution < -0.4 is 15.8 Å². The van der Waals surface area contributed by atoms with E-state index in [0.717, 1.165) is 5.56 Å². The van der Waals surface area contributed by atoms with Crippen LogP contribution in [0.3, 0.4) is 0 Å². The van der Waals surface area contributed by atoms with Crippen molar-refractivity contribution in [3.05, 3.63) is 59.7 Å². The first-order valence-corrected chi connectivity index (χ1v) is 6.89. The van der Waals surface area contributed by atoms with E-state index in [4.69, 9.17) is 10.5 Å². The van der Waals surface area contributed by atoms with Gasteiger partial charge in [-0.05, 0) is 31.5 Å². The molecule has 0 aliphatic carbocycles. The Hall–Kier alpha value is -2.49. The molecule has 4 nitrogen and oxygen atoms in total. The van der Waals surface area contributed by atoms with E-state index in [0.29, 0.717) is 11.4 Å². The third-order valence-electron chi connectivity index (χ3n) is 3.23. The first kappa shape index (κ1) is 14.9. The first-order chi connectivity index (χ1) is 10.1. The molecule has 1 atom stereocenters. The number of nitrogen functional groups attached to an aromatic ring is 1. The van der Waals surface area contributed by atoms with Crippen molar-refractivity contribution in [1.29, 1.82) is 0 Å². The minimum absolute atomic E-state index is 0.0512. The van der Waals surface area contributed by atoms with Crippen LogP contribution in [0, 0.1) is 6.92 Å². The highest BCUT2D eigenvalue weighted by Crippen LogP contribution is 2.19. The van der Waals surface area contributed by atoms with Gasteiger partial charge in [0.05, 0.1) is 11.7 Å². The lowest BCUT2D eigenvalue weighted by Gasteiger charge is -2.15. The molecule has 110 valence electrons. The standard InChI is InChI=1S/C17H20N2O2/c1-12-7-9-14(10-8-12)13(2)19-17(20)11-21-16-6-4-3-5-15(16)18/h3-10,13H,11,18H2,1-2H3,(H,19,20). The molecule has 0 bridgehead atoms. The van der Waals surface area contributed by atoms with Gasteiger partial charge in [-0.1, -0.05) is 42.0 Å². The van der Waals surface area contributed by atoms with Crippen LogP contribution in [0.15, 0.2) is 48.5 Å². The number of rotatable bonds is 5. The van der Waals surface area contributed by atoms with Gasteiger partial charge in [-0.25, -0.2) is 0 Å². The first-order valence-electron chi connectivity index (χ1n) is 6.89. The molecular formula is C17H20N2O2. The molecule has 1 amide bonds. The summed E-state index contributed by atoms with van der Waals surface area (Å²) in [6, 6.07) is 15.1. The highest BCUT2D eigenvalue weighted by molar-refractivity contribution is 5.78. The Morgan fingerprint density at radius 1 is 1.19 bits per heavy atom. The summed E-state index contributed by atoms with van der Waals surface area (Å²) in [7, 11) is 0. The molecule has 0 saturated carbocycles. The van der Waals surface area contributed by atoms with Gasteiger partial charge >= 0.3 is 0 Å². The zero-order valence-electron chi connectivity index (χ0n) is 12.3. The Balaban J connectivity index is 1.87. The van der Waals surface area contributed by atoms with Gasteiger partial charge in [0.25, 0.3) is 5.91 Å². The zero-order chi connectivity index (χ0) is 15.2. The smallest absolute Gasteiger partial charge is 0.258 e. The zero-order valence-corrected chi connectivity index (χ0v) is 12.3. The van der Waals surface area contributed by atoms with E-state index in [2.05, 4.69) is 5.32 Å². The van der Waals surface area contributed by atoms with Gasteiger partial charge in [0.15, 0.2) is 6.61 Å². The summed E-state index contributed by atoms with van der Waals surface area (Å²) in [6.07, 6.45) is 0. The fourth-order valence-electron chi connectivity index (χ4n) is 1.98. The predicted octanol–water partition coefficient (Wildman–Crippen LogP) is 2.83. The normalized spacial score (nSPS) is 11.7. The van der Waals surface area contributed by atoms with Crippen molar-refractivity contribution < 1.29 is 9.53 Å². The van der Waals surface area contributed by atoms with E-state index in [1.54, 1.807) is 12.1 Å². The van der Waals surface area contributed by atoms with Gasteiger partial charge in [-0.15, -0.1) is 0 Å². The molecule has 1 unspecified atom stereocenters. The van der Waals surface area contributed by atoms with Crippen LogP contribution in [0.1, 0.15) is 24.1 Å². The van der Waals surface area contributed by atoms with Gasteiger partial charge in [0.2, 0.25) is 0 Å². The molecule has 2 rings (SSSR count). The van der Waals surface area contributed by atoms with E-state index in [9.17, 15) is 4.79 Å². The van der Waals surface area contributed by atoms with Crippen LogP contribution in [0.25, 0.3) is 0 Å². The van der Waals surface area contributed by atoms with Crippen LogP contribution in [-0.4, -0.2) is 12.5 Å². The molecule has 0 fully saturated rings. The van der Waals surface area contributed by atoms with Crippen LogP contribution in [-0.2, 0) is 4.79 Å². The van der Waals surface area contributed by atoms with E-state index >= 15 is 0 Å². The van der Waals surface area contributed by atoms with Gasteiger partial charge in [0, 0.05) is 0 Å². The number of nitrogens with one attached hydrogen (secondary N) is 1. The second kappa shape index (κ2) is 6.79. The van der Waals surface area contributed by atoms with E-state index < -0.39 is 0 Å². The Kier molecular flexibility index (Phi) is 4.82. The Morgan fingerprint density at radius 2 is 1.86 bits per heavy atom. The van der Waals surface area contributed by atoms with Crippen molar-refractivity contribution in [2.24, 2.45) is 0 Å². The number of para-hydroxylation sites is 2. The lowest BCUT2D eigenvalue weighted by molar-refractivity contribution is -0.123.